The van der Waals surface area contributed by atoms with E-state index in [9.17, 15) is 0 Å². The van der Waals surface area contributed by atoms with Gasteiger partial charge in [-0.15, -0.1) is 0 Å². The molecule has 0 atom stereocenters. The summed E-state index contributed by atoms with van der Waals surface area (Å²) in [5.74, 6) is 0.896. The molecule has 2 rings (SSSR count). The Labute approximate surface area is 106 Å². The first-order valence-corrected chi connectivity index (χ1v) is 5.70. The third-order valence-electron chi connectivity index (χ3n) is 2.64. The minimum Gasteiger partial charge on any atom is -0.389 e. The summed E-state index contributed by atoms with van der Waals surface area (Å²) in [5, 5.41) is 0. The number of nitrogens with two attached hydrogens (primary N) is 1. The normalized spacial score (nSPS) is 10.5. The lowest BCUT2D eigenvalue weighted by Gasteiger charge is -2.14. The Morgan fingerprint density at radius 2 is 2.06 bits per heavy atom. The Morgan fingerprint density at radius 1 is 1.35 bits per heavy atom. The van der Waals surface area contributed by atoms with E-state index in [1.54, 1.807) is 6.20 Å². The van der Waals surface area contributed by atoms with Gasteiger partial charge in [-0.2, -0.15) is 0 Å². The van der Waals surface area contributed by atoms with Crippen LogP contribution in [0.3, 0.4) is 0 Å². The molecule has 0 fully saturated rings. The van der Waals surface area contributed by atoms with Crippen molar-refractivity contribution in [2.45, 2.75) is 20.8 Å². The van der Waals surface area contributed by atoms with Crippen molar-refractivity contribution in [2.75, 3.05) is 0 Å². The summed E-state index contributed by atoms with van der Waals surface area (Å²) in [7, 11) is 0. The number of pyridine rings is 1. The molecule has 0 bridgehead atoms. The maximum atomic E-state index is 5.78. The van der Waals surface area contributed by atoms with Gasteiger partial charge in [0.05, 0.1) is 11.3 Å². The third-order valence-corrected chi connectivity index (χ3v) is 2.84. The molecule has 2 aromatic rings. The van der Waals surface area contributed by atoms with Gasteiger partial charge in [-0.05, 0) is 26.8 Å². The Balaban J connectivity index is 2.76. The summed E-state index contributed by atoms with van der Waals surface area (Å²) in [6.07, 6.45) is 3.65. The number of rotatable bonds is 2. The van der Waals surface area contributed by atoms with Crippen molar-refractivity contribution in [1.82, 2.24) is 14.5 Å². The first-order valence-electron chi connectivity index (χ1n) is 5.29. The Bertz CT molecular complexity index is 586. The molecule has 2 aromatic heterocycles. The number of thiocarbonyl (C=S) groups is 1. The number of imidazole rings is 1. The number of aryl methyl sites for hydroxylation is 3. The van der Waals surface area contributed by atoms with Gasteiger partial charge in [0.1, 0.15) is 10.8 Å². The van der Waals surface area contributed by atoms with Crippen molar-refractivity contribution in [3.8, 4) is 5.69 Å². The second kappa shape index (κ2) is 4.25. The Hall–Kier alpha value is -1.75. The van der Waals surface area contributed by atoms with Gasteiger partial charge >= 0.3 is 0 Å². The van der Waals surface area contributed by atoms with Crippen LogP contribution in [0.5, 0.6) is 0 Å². The fourth-order valence-corrected chi connectivity index (χ4v) is 2.19. The van der Waals surface area contributed by atoms with Crippen LogP contribution in [-0.4, -0.2) is 19.5 Å². The molecule has 2 heterocycles. The number of hydrogen-bond donors (Lipinski definition) is 1. The van der Waals surface area contributed by atoms with Crippen molar-refractivity contribution in [2.24, 2.45) is 5.73 Å². The maximum Gasteiger partial charge on any atom is 0.110 e. The van der Waals surface area contributed by atoms with E-state index in [1.807, 2.05) is 37.6 Å². The van der Waals surface area contributed by atoms with Crippen molar-refractivity contribution in [1.29, 1.82) is 0 Å². The zero-order valence-corrected chi connectivity index (χ0v) is 10.9. The number of nitrogens with zero attached hydrogens (tertiary/aromatic N) is 3. The van der Waals surface area contributed by atoms with E-state index in [-0.39, 0.29) is 0 Å². The number of aromatic nitrogens is 3. The summed E-state index contributed by atoms with van der Waals surface area (Å²) in [5.41, 5.74) is 9.32. The zero-order chi connectivity index (χ0) is 12.6. The highest BCUT2D eigenvalue weighted by atomic mass is 32.1. The zero-order valence-electron chi connectivity index (χ0n) is 10.1. The molecule has 0 saturated carbocycles. The van der Waals surface area contributed by atoms with E-state index in [0.717, 1.165) is 28.5 Å². The molecule has 88 valence electrons. The highest BCUT2D eigenvalue weighted by molar-refractivity contribution is 7.80. The van der Waals surface area contributed by atoms with Gasteiger partial charge < -0.3 is 10.3 Å². The van der Waals surface area contributed by atoms with Crippen molar-refractivity contribution >= 4 is 17.2 Å². The van der Waals surface area contributed by atoms with Crippen LogP contribution in [0.25, 0.3) is 5.69 Å². The van der Waals surface area contributed by atoms with Crippen LogP contribution in [-0.2, 0) is 0 Å². The molecule has 0 aliphatic rings. The van der Waals surface area contributed by atoms with Crippen LogP contribution in [0.2, 0.25) is 0 Å². The average molecular weight is 246 g/mol. The van der Waals surface area contributed by atoms with E-state index < -0.39 is 0 Å². The molecule has 0 radical (unpaired) electrons. The van der Waals surface area contributed by atoms with Gasteiger partial charge in [-0.1, -0.05) is 12.2 Å². The van der Waals surface area contributed by atoms with E-state index in [0.29, 0.717) is 4.99 Å². The molecule has 0 aliphatic heterocycles. The van der Waals surface area contributed by atoms with Gasteiger partial charge in [-0.3, -0.25) is 4.98 Å². The summed E-state index contributed by atoms with van der Waals surface area (Å²) in [4.78, 5) is 8.96. The van der Waals surface area contributed by atoms with E-state index in [2.05, 4.69) is 9.97 Å². The van der Waals surface area contributed by atoms with Crippen LogP contribution in [0.1, 0.15) is 22.8 Å². The molecule has 0 unspecified atom stereocenters. The third kappa shape index (κ3) is 2.06. The van der Waals surface area contributed by atoms with Crippen LogP contribution < -0.4 is 5.73 Å². The fourth-order valence-electron chi connectivity index (χ4n) is 1.94. The minimum absolute atomic E-state index is 0.359. The molecule has 0 saturated heterocycles. The molecular weight excluding hydrogens is 232 g/mol. The van der Waals surface area contributed by atoms with Crippen LogP contribution in [0.15, 0.2) is 18.5 Å². The Morgan fingerprint density at radius 3 is 2.59 bits per heavy atom. The topological polar surface area (TPSA) is 56.7 Å². The number of hydrogen-bond acceptors (Lipinski definition) is 3. The average Bonchev–Trinajstić information content (AvgIpc) is 2.62. The van der Waals surface area contributed by atoms with Crippen molar-refractivity contribution in [3.63, 3.8) is 0 Å². The largest absolute Gasteiger partial charge is 0.389 e. The maximum absolute atomic E-state index is 5.78. The highest BCUT2D eigenvalue weighted by Crippen LogP contribution is 2.19. The molecule has 17 heavy (non-hydrogen) atoms. The fraction of sp³-hybridized carbons (Fsp3) is 0.250. The smallest absolute Gasteiger partial charge is 0.110 e. The van der Waals surface area contributed by atoms with Crippen LogP contribution in [0, 0.1) is 20.8 Å². The van der Waals surface area contributed by atoms with E-state index >= 15 is 0 Å². The second-order valence-corrected chi connectivity index (χ2v) is 4.39. The molecule has 0 amide bonds. The predicted octanol–water partition coefficient (Wildman–Crippen LogP) is 1.83. The quantitative estimate of drug-likeness (QED) is 0.821. The van der Waals surface area contributed by atoms with Gasteiger partial charge in [0.25, 0.3) is 0 Å². The lowest BCUT2D eigenvalue weighted by Crippen LogP contribution is -2.17. The molecule has 2 N–H and O–H groups in total. The second-order valence-electron chi connectivity index (χ2n) is 3.95. The molecule has 0 spiro atoms. The van der Waals surface area contributed by atoms with Gasteiger partial charge in [-0.25, -0.2) is 4.98 Å². The van der Waals surface area contributed by atoms with Gasteiger partial charge in [0, 0.05) is 23.8 Å². The summed E-state index contributed by atoms with van der Waals surface area (Å²) in [6.45, 7) is 5.80. The lowest BCUT2D eigenvalue weighted by molar-refractivity contribution is 0.953. The van der Waals surface area contributed by atoms with Crippen LogP contribution >= 0.6 is 12.2 Å². The SMILES string of the molecule is Cc1cc(-n2ccnc2C)c(C(N)=S)c(C)n1. The molecule has 0 aliphatic carbocycles. The highest BCUT2D eigenvalue weighted by Gasteiger charge is 2.13. The van der Waals surface area contributed by atoms with E-state index in [1.165, 1.54) is 0 Å². The van der Waals surface area contributed by atoms with Gasteiger partial charge in [0.15, 0.2) is 0 Å². The Kier molecular flexibility index (Phi) is 2.93. The minimum atomic E-state index is 0.359. The monoisotopic (exact) mass is 246 g/mol. The molecule has 4 nitrogen and oxygen atoms in total. The molecule has 0 aromatic carbocycles. The first-order chi connectivity index (χ1) is 8.00. The molecule has 5 heteroatoms. The van der Waals surface area contributed by atoms with Crippen LogP contribution in [0.4, 0.5) is 0 Å². The summed E-state index contributed by atoms with van der Waals surface area (Å²) < 4.78 is 1.97. The standard InChI is InChI=1S/C12H14N4S/c1-7-6-10(16-5-4-14-9(16)3)11(12(13)17)8(2)15-7/h4-6H,1-3H3,(H2,13,17). The predicted molar refractivity (Wildman–Crippen MR) is 71.5 cm³/mol. The summed E-state index contributed by atoms with van der Waals surface area (Å²) >= 11 is 5.10. The van der Waals surface area contributed by atoms with E-state index in [4.69, 9.17) is 18.0 Å². The van der Waals surface area contributed by atoms with Crippen molar-refractivity contribution < 1.29 is 0 Å². The van der Waals surface area contributed by atoms with Crippen molar-refractivity contribution in [3.05, 3.63) is 41.2 Å². The summed E-state index contributed by atoms with van der Waals surface area (Å²) in [6, 6.07) is 1.97. The molecular formula is C12H14N4S. The lowest BCUT2D eigenvalue weighted by atomic mass is 10.1. The first kappa shape index (κ1) is 11.7. The van der Waals surface area contributed by atoms with Gasteiger partial charge in [0.2, 0.25) is 0 Å².